The number of nitrogens with zero attached hydrogens (tertiary/aromatic N) is 3. The molecule has 0 N–H and O–H groups in total. The molecule has 0 spiro atoms. The molecule has 2 aliphatic rings. The molecule has 1 aliphatic heterocycles. The maximum absolute atomic E-state index is 12.4. The van der Waals surface area contributed by atoms with Gasteiger partial charge in [0.15, 0.2) is 0 Å². The fourth-order valence-electron chi connectivity index (χ4n) is 2.80. The van der Waals surface area contributed by atoms with Crippen molar-refractivity contribution in [2.24, 2.45) is 11.8 Å². The van der Waals surface area contributed by atoms with Crippen LogP contribution in [-0.4, -0.2) is 21.8 Å². The summed E-state index contributed by atoms with van der Waals surface area (Å²) in [5.74, 6) is -0.570. The Balaban J connectivity index is 2.01. The highest BCUT2D eigenvalue weighted by Crippen LogP contribution is 2.36. The maximum Gasteiger partial charge on any atom is 0.240 e. The van der Waals surface area contributed by atoms with Crippen LogP contribution in [0, 0.1) is 25.7 Å². The van der Waals surface area contributed by atoms with Crippen LogP contribution < -0.4 is 4.90 Å². The Labute approximate surface area is 111 Å². The van der Waals surface area contributed by atoms with E-state index in [2.05, 4.69) is 9.97 Å². The van der Waals surface area contributed by atoms with Crippen LogP contribution in [0.5, 0.6) is 0 Å². The molecular weight excluding hydrogens is 242 g/mol. The van der Waals surface area contributed by atoms with Gasteiger partial charge in [0.25, 0.3) is 0 Å². The summed E-state index contributed by atoms with van der Waals surface area (Å²) >= 11 is 0. The van der Waals surface area contributed by atoms with Gasteiger partial charge in [0.2, 0.25) is 17.8 Å². The van der Waals surface area contributed by atoms with Crippen molar-refractivity contribution in [1.29, 1.82) is 0 Å². The lowest BCUT2D eigenvalue weighted by atomic mass is 9.85. The minimum absolute atomic E-state index is 0.163. The Kier molecular flexibility index (Phi) is 2.69. The van der Waals surface area contributed by atoms with E-state index in [1.807, 2.05) is 32.1 Å². The Hall–Kier alpha value is -2.04. The van der Waals surface area contributed by atoms with Crippen LogP contribution in [0.15, 0.2) is 18.2 Å². The Bertz CT molecular complexity index is 548. The molecule has 1 saturated heterocycles. The molecular formula is C14H15N3O2. The van der Waals surface area contributed by atoms with Gasteiger partial charge in [-0.1, -0.05) is 12.2 Å². The van der Waals surface area contributed by atoms with E-state index >= 15 is 0 Å². The molecule has 2 atom stereocenters. The molecule has 1 aliphatic carbocycles. The number of aromatic nitrogens is 2. The second-order valence-electron chi connectivity index (χ2n) is 5.12. The minimum Gasteiger partial charge on any atom is -0.274 e. The minimum atomic E-state index is -0.234. The normalized spacial score (nSPS) is 25.9. The first-order valence-electron chi connectivity index (χ1n) is 6.43. The molecule has 98 valence electrons. The molecule has 0 saturated carbocycles. The first kappa shape index (κ1) is 12.0. The van der Waals surface area contributed by atoms with Gasteiger partial charge in [-0.05, 0) is 32.8 Å². The van der Waals surface area contributed by atoms with Gasteiger partial charge >= 0.3 is 0 Å². The molecule has 2 unspecified atom stereocenters. The Morgan fingerprint density at radius 3 is 1.95 bits per heavy atom. The van der Waals surface area contributed by atoms with E-state index in [0.717, 1.165) is 11.4 Å². The summed E-state index contributed by atoms with van der Waals surface area (Å²) in [6.45, 7) is 3.66. The zero-order chi connectivity index (χ0) is 13.6. The average molecular weight is 257 g/mol. The van der Waals surface area contributed by atoms with E-state index < -0.39 is 0 Å². The number of imide groups is 1. The van der Waals surface area contributed by atoms with Crippen molar-refractivity contribution in [2.45, 2.75) is 26.7 Å². The molecule has 2 amide bonds. The Morgan fingerprint density at radius 1 is 1.00 bits per heavy atom. The number of anilines is 1. The Morgan fingerprint density at radius 2 is 1.47 bits per heavy atom. The van der Waals surface area contributed by atoms with Gasteiger partial charge in [-0.15, -0.1) is 0 Å². The molecule has 0 bridgehead atoms. The quantitative estimate of drug-likeness (QED) is 0.565. The number of carbonyl (C=O) groups excluding carboxylic acids is 2. The third-order valence-corrected chi connectivity index (χ3v) is 3.68. The van der Waals surface area contributed by atoms with Crippen molar-refractivity contribution in [3.05, 3.63) is 29.6 Å². The SMILES string of the molecule is Cc1cc(C)nc(N2C(=O)C3CC=CCC3C2=O)n1. The molecule has 19 heavy (non-hydrogen) atoms. The molecule has 0 radical (unpaired) electrons. The molecule has 5 nitrogen and oxygen atoms in total. The van der Waals surface area contributed by atoms with Gasteiger partial charge < -0.3 is 0 Å². The highest BCUT2D eigenvalue weighted by atomic mass is 16.2. The van der Waals surface area contributed by atoms with E-state index in [9.17, 15) is 9.59 Å². The average Bonchev–Trinajstić information content (AvgIpc) is 2.61. The number of amides is 2. The fraction of sp³-hybridized carbons (Fsp3) is 0.429. The first-order valence-corrected chi connectivity index (χ1v) is 6.43. The lowest BCUT2D eigenvalue weighted by Gasteiger charge is -2.14. The van der Waals surface area contributed by atoms with Crippen LogP contribution in [0.4, 0.5) is 5.95 Å². The highest BCUT2D eigenvalue weighted by molar-refractivity contribution is 6.21. The highest BCUT2D eigenvalue weighted by Gasteiger charge is 2.48. The second-order valence-corrected chi connectivity index (χ2v) is 5.12. The van der Waals surface area contributed by atoms with E-state index in [0.29, 0.717) is 12.8 Å². The van der Waals surface area contributed by atoms with Gasteiger partial charge in [-0.2, -0.15) is 0 Å². The predicted octanol–water partition coefficient (Wildman–Crippen LogP) is 1.55. The van der Waals surface area contributed by atoms with Gasteiger partial charge in [-0.25, -0.2) is 14.9 Å². The van der Waals surface area contributed by atoms with E-state index in [4.69, 9.17) is 0 Å². The predicted molar refractivity (Wildman–Crippen MR) is 69.4 cm³/mol. The van der Waals surface area contributed by atoms with Gasteiger partial charge in [0, 0.05) is 11.4 Å². The monoisotopic (exact) mass is 257 g/mol. The van der Waals surface area contributed by atoms with Crippen LogP contribution in [0.25, 0.3) is 0 Å². The number of rotatable bonds is 1. The van der Waals surface area contributed by atoms with Crippen LogP contribution in [0.2, 0.25) is 0 Å². The van der Waals surface area contributed by atoms with Gasteiger partial charge in [0.05, 0.1) is 11.8 Å². The summed E-state index contributed by atoms with van der Waals surface area (Å²) in [4.78, 5) is 34.4. The molecule has 2 heterocycles. The van der Waals surface area contributed by atoms with Crippen molar-refractivity contribution in [3.63, 3.8) is 0 Å². The molecule has 5 heteroatoms. The molecule has 1 aromatic heterocycles. The zero-order valence-corrected chi connectivity index (χ0v) is 11.0. The van der Waals surface area contributed by atoms with Crippen molar-refractivity contribution in [2.75, 3.05) is 4.90 Å². The number of carbonyl (C=O) groups is 2. The first-order chi connectivity index (χ1) is 9.08. The third-order valence-electron chi connectivity index (χ3n) is 3.68. The number of hydrogen-bond donors (Lipinski definition) is 0. The number of hydrogen-bond acceptors (Lipinski definition) is 4. The summed E-state index contributed by atoms with van der Waals surface area (Å²) in [6.07, 6.45) is 5.21. The summed E-state index contributed by atoms with van der Waals surface area (Å²) in [7, 11) is 0. The van der Waals surface area contributed by atoms with Crippen LogP contribution >= 0.6 is 0 Å². The fourth-order valence-corrected chi connectivity index (χ4v) is 2.80. The second kappa shape index (κ2) is 4.26. The van der Waals surface area contributed by atoms with Gasteiger partial charge in [0.1, 0.15) is 0 Å². The maximum atomic E-state index is 12.4. The van der Waals surface area contributed by atoms with Crippen LogP contribution in [0.1, 0.15) is 24.2 Å². The van der Waals surface area contributed by atoms with E-state index in [-0.39, 0.29) is 29.6 Å². The van der Waals surface area contributed by atoms with Crippen molar-refractivity contribution >= 4 is 17.8 Å². The smallest absolute Gasteiger partial charge is 0.240 e. The van der Waals surface area contributed by atoms with Crippen molar-refractivity contribution in [3.8, 4) is 0 Å². The van der Waals surface area contributed by atoms with Crippen LogP contribution in [-0.2, 0) is 9.59 Å². The van der Waals surface area contributed by atoms with Crippen LogP contribution in [0.3, 0.4) is 0 Å². The molecule has 3 rings (SSSR count). The standard InChI is InChI=1S/C14H15N3O2/c1-8-7-9(2)16-14(15-8)17-12(18)10-5-3-4-6-11(10)13(17)19/h3-4,7,10-11H,5-6H2,1-2H3. The molecule has 1 aromatic rings. The zero-order valence-electron chi connectivity index (χ0n) is 11.0. The van der Waals surface area contributed by atoms with Crippen molar-refractivity contribution in [1.82, 2.24) is 9.97 Å². The number of fused-ring (bicyclic) bond motifs is 1. The number of aryl methyl sites for hydroxylation is 2. The number of allylic oxidation sites excluding steroid dienone is 2. The summed E-state index contributed by atoms with van der Waals surface area (Å²) in [5.41, 5.74) is 1.52. The summed E-state index contributed by atoms with van der Waals surface area (Å²) < 4.78 is 0. The van der Waals surface area contributed by atoms with Crippen molar-refractivity contribution < 1.29 is 9.59 Å². The lowest BCUT2D eigenvalue weighted by molar-refractivity contribution is -0.122. The topological polar surface area (TPSA) is 63.2 Å². The van der Waals surface area contributed by atoms with E-state index in [1.54, 1.807) is 0 Å². The summed E-state index contributed by atoms with van der Waals surface area (Å²) in [6, 6.07) is 1.82. The third kappa shape index (κ3) is 1.85. The largest absolute Gasteiger partial charge is 0.274 e. The van der Waals surface area contributed by atoms with Gasteiger partial charge in [-0.3, -0.25) is 9.59 Å². The molecule has 1 fully saturated rings. The molecule has 0 aromatic carbocycles. The lowest BCUT2D eigenvalue weighted by Crippen LogP contribution is -2.32. The van der Waals surface area contributed by atoms with E-state index in [1.165, 1.54) is 4.90 Å². The summed E-state index contributed by atoms with van der Waals surface area (Å²) in [5, 5.41) is 0.